The fourth-order valence-corrected chi connectivity index (χ4v) is 4.82. The maximum Gasteiger partial charge on any atom is 0.246 e. The standard InChI is InChI=1S/C22H32N4O4S/c1-3-25(4-2)22(28)17-24-13-15-26(16-14-24)21(27)12-7-18-5-10-20(11-6-18)31(29,30)23-19-8-9-19/h5-7,10-12,19,23H,3-4,8-9,13-17H2,1-2H3/b12-7+. The van der Waals surface area contributed by atoms with Crippen LogP contribution in [0.3, 0.4) is 0 Å². The van der Waals surface area contributed by atoms with Crippen LogP contribution in [-0.2, 0) is 19.6 Å². The SMILES string of the molecule is CCN(CC)C(=O)CN1CCN(C(=O)/C=C/c2ccc(S(=O)(=O)NC3CC3)cc2)CC1. The van der Waals surface area contributed by atoms with Crippen LogP contribution in [0, 0.1) is 0 Å². The van der Waals surface area contributed by atoms with Gasteiger partial charge in [-0.2, -0.15) is 0 Å². The summed E-state index contributed by atoms with van der Waals surface area (Å²) in [6.45, 7) is 8.27. The first kappa shape index (κ1) is 23.4. The van der Waals surface area contributed by atoms with E-state index in [0.29, 0.717) is 45.8 Å². The topological polar surface area (TPSA) is 90.0 Å². The second kappa shape index (κ2) is 10.4. The normalized spacial score (nSPS) is 17.8. The Morgan fingerprint density at radius 3 is 2.23 bits per heavy atom. The monoisotopic (exact) mass is 448 g/mol. The van der Waals surface area contributed by atoms with Gasteiger partial charge in [0.05, 0.1) is 11.4 Å². The van der Waals surface area contributed by atoms with Gasteiger partial charge in [0.1, 0.15) is 0 Å². The molecule has 2 fully saturated rings. The van der Waals surface area contributed by atoms with E-state index >= 15 is 0 Å². The molecule has 3 rings (SSSR count). The molecule has 1 heterocycles. The molecule has 0 radical (unpaired) electrons. The van der Waals surface area contributed by atoms with Crippen molar-refractivity contribution in [3.8, 4) is 0 Å². The molecule has 1 aromatic carbocycles. The van der Waals surface area contributed by atoms with Gasteiger partial charge in [-0.15, -0.1) is 0 Å². The molecular formula is C22H32N4O4S. The highest BCUT2D eigenvalue weighted by atomic mass is 32.2. The summed E-state index contributed by atoms with van der Waals surface area (Å²) in [6.07, 6.45) is 5.00. The Kier molecular flexibility index (Phi) is 7.85. The number of piperazine rings is 1. The van der Waals surface area contributed by atoms with E-state index in [4.69, 9.17) is 0 Å². The summed E-state index contributed by atoms with van der Waals surface area (Å²) in [5.74, 6) is 0.0456. The van der Waals surface area contributed by atoms with Crippen LogP contribution in [0.25, 0.3) is 6.08 Å². The third-order valence-corrected chi connectivity index (χ3v) is 7.20. The highest BCUT2D eigenvalue weighted by Gasteiger charge is 2.28. The molecule has 0 bridgehead atoms. The van der Waals surface area contributed by atoms with Gasteiger partial charge in [0, 0.05) is 51.4 Å². The molecule has 0 aromatic heterocycles. The van der Waals surface area contributed by atoms with E-state index in [9.17, 15) is 18.0 Å². The number of nitrogens with zero attached hydrogens (tertiary/aromatic N) is 3. The zero-order chi connectivity index (χ0) is 22.4. The molecule has 8 nitrogen and oxygen atoms in total. The van der Waals surface area contributed by atoms with E-state index < -0.39 is 10.0 Å². The second-order valence-electron chi connectivity index (χ2n) is 7.97. The van der Waals surface area contributed by atoms with Crippen LogP contribution >= 0.6 is 0 Å². The largest absolute Gasteiger partial charge is 0.342 e. The van der Waals surface area contributed by atoms with Gasteiger partial charge >= 0.3 is 0 Å². The Labute approximate surface area is 184 Å². The van der Waals surface area contributed by atoms with Crippen molar-refractivity contribution in [3.05, 3.63) is 35.9 Å². The Hall–Kier alpha value is -2.23. The minimum Gasteiger partial charge on any atom is -0.342 e. The van der Waals surface area contributed by atoms with Crippen molar-refractivity contribution >= 4 is 27.9 Å². The van der Waals surface area contributed by atoms with Gasteiger partial charge in [0.25, 0.3) is 0 Å². The van der Waals surface area contributed by atoms with Crippen LogP contribution < -0.4 is 4.72 Å². The average molecular weight is 449 g/mol. The summed E-state index contributed by atoms with van der Waals surface area (Å²) in [7, 11) is -3.47. The number of hydrogen-bond donors (Lipinski definition) is 1. The highest BCUT2D eigenvalue weighted by Crippen LogP contribution is 2.22. The molecule has 1 aliphatic heterocycles. The van der Waals surface area contributed by atoms with E-state index in [1.54, 1.807) is 35.2 Å². The lowest BCUT2D eigenvalue weighted by Crippen LogP contribution is -2.51. The predicted molar refractivity (Wildman–Crippen MR) is 120 cm³/mol. The summed E-state index contributed by atoms with van der Waals surface area (Å²) in [5.41, 5.74) is 0.766. The van der Waals surface area contributed by atoms with Gasteiger partial charge in [0.2, 0.25) is 21.8 Å². The van der Waals surface area contributed by atoms with E-state index in [1.165, 1.54) is 6.08 Å². The number of sulfonamides is 1. The number of likely N-dealkylation sites (N-methyl/N-ethyl adjacent to an activating group) is 1. The lowest BCUT2D eigenvalue weighted by Gasteiger charge is -2.34. The summed E-state index contributed by atoms with van der Waals surface area (Å²) in [6, 6.07) is 6.57. The van der Waals surface area contributed by atoms with Crippen molar-refractivity contribution < 1.29 is 18.0 Å². The number of hydrogen-bond acceptors (Lipinski definition) is 5. The Bertz CT molecular complexity index is 898. The van der Waals surface area contributed by atoms with E-state index in [1.807, 2.05) is 18.7 Å². The molecule has 1 saturated carbocycles. The maximum atomic E-state index is 12.5. The smallest absolute Gasteiger partial charge is 0.246 e. The molecule has 1 aromatic rings. The fraction of sp³-hybridized carbons (Fsp3) is 0.545. The average Bonchev–Trinajstić information content (AvgIpc) is 3.57. The number of rotatable bonds is 9. The fourth-order valence-electron chi connectivity index (χ4n) is 3.51. The molecule has 0 unspecified atom stereocenters. The molecule has 170 valence electrons. The highest BCUT2D eigenvalue weighted by molar-refractivity contribution is 7.89. The van der Waals surface area contributed by atoms with Crippen LogP contribution in [-0.4, -0.2) is 86.8 Å². The zero-order valence-electron chi connectivity index (χ0n) is 18.3. The van der Waals surface area contributed by atoms with Crippen molar-refractivity contribution in [2.75, 3.05) is 45.8 Å². The molecule has 1 N–H and O–H groups in total. The minimum atomic E-state index is -3.47. The first-order valence-corrected chi connectivity index (χ1v) is 12.4. The molecule has 0 spiro atoms. The lowest BCUT2D eigenvalue weighted by atomic mass is 10.2. The van der Waals surface area contributed by atoms with Crippen molar-refractivity contribution in [1.29, 1.82) is 0 Å². The summed E-state index contributed by atoms with van der Waals surface area (Å²) in [5, 5.41) is 0. The van der Waals surface area contributed by atoms with Crippen LogP contribution in [0.4, 0.5) is 0 Å². The molecule has 1 aliphatic carbocycles. The van der Waals surface area contributed by atoms with Crippen molar-refractivity contribution in [2.24, 2.45) is 0 Å². The molecule has 0 atom stereocenters. The van der Waals surface area contributed by atoms with Gasteiger partial charge in [-0.1, -0.05) is 12.1 Å². The van der Waals surface area contributed by atoms with Gasteiger partial charge in [-0.3, -0.25) is 14.5 Å². The third-order valence-electron chi connectivity index (χ3n) is 5.67. The minimum absolute atomic E-state index is 0.0676. The van der Waals surface area contributed by atoms with Crippen LogP contribution in [0.15, 0.2) is 35.2 Å². The van der Waals surface area contributed by atoms with E-state index in [0.717, 1.165) is 18.4 Å². The first-order valence-electron chi connectivity index (χ1n) is 10.9. The summed E-state index contributed by atoms with van der Waals surface area (Å²) in [4.78, 5) is 30.6. The molecule has 1 saturated heterocycles. The third kappa shape index (κ3) is 6.62. The second-order valence-corrected chi connectivity index (χ2v) is 9.68. The van der Waals surface area contributed by atoms with Crippen molar-refractivity contribution in [2.45, 2.75) is 37.6 Å². The number of amides is 2. The predicted octanol–water partition coefficient (Wildman–Crippen LogP) is 1.15. The summed E-state index contributed by atoms with van der Waals surface area (Å²) >= 11 is 0. The van der Waals surface area contributed by atoms with E-state index in [-0.39, 0.29) is 22.8 Å². The quantitative estimate of drug-likeness (QED) is 0.573. The van der Waals surface area contributed by atoms with Crippen molar-refractivity contribution in [3.63, 3.8) is 0 Å². The Morgan fingerprint density at radius 2 is 1.68 bits per heavy atom. The van der Waals surface area contributed by atoms with Crippen LogP contribution in [0.1, 0.15) is 32.3 Å². The van der Waals surface area contributed by atoms with Gasteiger partial charge in [0.15, 0.2) is 0 Å². The molecule has 31 heavy (non-hydrogen) atoms. The number of nitrogens with one attached hydrogen (secondary N) is 1. The Balaban J connectivity index is 1.48. The van der Waals surface area contributed by atoms with Gasteiger partial charge < -0.3 is 9.80 Å². The van der Waals surface area contributed by atoms with Crippen LogP contribution in [0.2, 0.25) is 0 Å². The first-order chi connectivity index (χ1) is 14.8. The van der Waals surface area contributed by atoms with Gasteiger partial charge in [-0.05, 0) is 50.5 Å². The molecule has 9 heteroatoms. The van der Waals surface area contributed by atoms with Gasteiger partial charge in [-0.25, -0.2) is 13.1 Å². The summed E-state index contributed by atoms with van der Waals surface area (Å²) < 4.78 is 27.1. The number of carbonyl (C=O) groups is 2. The molecule has 2 amide bonds. The maximum absolute atomic E-state index is 12.5. The number of carbonyl (C=O) groups excluding carboxylic acids is 2. The van der Waals surface area contributed by atoms with Crippen LogP contribution in [0.5, 0.6) is 0 Å². The van der Waals surface area contributed by atoms with Crippen molar-refractivity contribution in [1.82, 2.24) is 19.4 Å². The number of benzene rings is 1. The zero-order valence-corrected chi connectivity index (χ0v) is 19.1. The van der Waals surface area contributed by atoms with E-state index in [2.05, 4.69) is 9.62 Å². The molecular weight excluding hydrogens is 416 g/mol. The Morgan fingerprint density at radius 1 is 1.06 bits per heavy atom. The lowest BCUT2D eigenvalue weighted by molar-refractivity contribution is -0.133. The molecule has 2 aliphatic rings.